The predicted molar refractivity (Wildman–Crippen MR) is 116 cm³/mol. The fourth-order valence-electron chi connectivity index (χ4n) is 3.65. The van der Waals surface area contributed by atoms with Gasteiger partial charge >= 0.3 is 0 Å². The van der Waals surface area contributed by atoms with Crippen LogP contribution in [0.4, 0.5) is 0 Å². The van der Waals surface area contributed by atoms with E-state index in [1.807, 2.05) is 50.3 Å². The SMILES string of the molecule is COc1ccc(-c2[nH]ncc2C=c2sc3nc4c(C)cc(C)cc4n3c2=O)cc1. The van der Waals surface area contributed by atoms with Gasteiger partial charge in [0, 0.05) is 11.1 Å². The fraction of sp³-hybridized carbons (Fsp3) is 0.136. The maximum Gasteiger partial charge on any atom is 0.274 e. The van der Waals surface area contributed by atoms with Gasteiger partial charge < -0.3 is 4.74 Å². The summed E-state index contributed by atoms with van der Waals surface area (Å²) < 4.78 is 7.56. The molecule has 0 unspecified atom stereocenters. The molecule has 3 heterocycles. The first-order valence-electron chi connectivity index (χ1n) is 9.17. The van der Waals surface area contributed by atoms with Crippen molar-refractivity contribution in [3.8, 4) is 17.0 Å². The second-order valence-electron chi connectivity index (χ2n) is 7.02. The van der Waals surface area contributed by atoms with E-state index in [1.165, 1.54) is 11.3 Å². The van der Waals surface area contributed by atoms with E-state index in [1.54, 1.807) is 17.7 Å². The highest BCUT2D eigenvalue weighted by atomic mass is 32.1. The molecule has 29 heavy (non-hydrogen) atoms. The number of aromatic amines is 1. The number of aromatic nitrogens is 4. The van der Waals surface area contributed by atoms with Crippen LogP contribution in [0.15, 0.2) is 47.4 Å². The summed E-state index contributed by atoms with van der Waals surface area (Å²) in [6, 6.07) is 11.8. The van der Waals surface area contributed by atoms with Crippen LogP contribution in [0, 0.1) is 13.8 Å². The molecule has 0 amide bonds. The quantitative estimate of drug-likeness (QED) is 0.502. The molecule has 0 atom stereocenters. The summed E-state index contributed by atoms with van der Waals surface area (Å²) in [6.45, 7) is 4.05. The van der Waals surface area contributed by atoms with Crippen LogP contribution in [-0.4, -0.2) is 26.7 Å². The van der Waals surface area contributed by atoms with Gasteiger partial charge in [-0.05, 0) is 61.4 Å². The molecular formula is C22H18N4O2S. The van der Waals surface area contributed by atoms with Crippen molar-refractivity contribution in [1.82, 2.24) is 19.6 Å². The molecule has 0 saturated carbocycles. The number of fused-ring (bicyclic) bond motifs is 3. The number of methoxy groups -OCH3 is 1. The maximum absolute atomic E-state index is 13.1. The summed E-state index contributed by atoms with van der Waals surface area (Å²) in [5, 5.41) is 7.20. The molecule has 0 saturated heterocycles. The van der Waals surface area contributed by atoms with Crippen LogP contribution in [0.2, 0.25) is 0 Å². The lowest BCUT2D eigenvalue weighted by Crippen LogP contribution is -2.22. The van der Waals surface area contributed by atoms with Gasteiger partial charge in [-0.25, -0.2) is 9.38 Å². The maximum atomic E-state index is 13.1. The second-order valence-corrected chi connectivity index (χ2v) is 8.03. The lowest BCUT2D eigenvalue weighted by Gasteiger charge is -2.02. The van der Waals surface area contributed by atoms with Gasteiger partial charge in [-0.2, -0.15) is 5.10 Å². The lowest BCUT2D eigenvalue weighted by atomic mass is 10.1. The normalized spacial score (nSPS) is 12.3. The van der Waals surface area contributed by atoms with Gasteiger partial charge in [-0.1, -0.05) is 17.4 Å². The van der Waals surface area contributed by atoms with E-state index >= 15 is 0 Å². The molecule has 0 aliphatic rings. The van der Waals surface area contributed by atoms with E-state index in [2.05, 4.69) is 16.3 Å². The summed E-state index contributed by atoms with van der Waals surface area (Å²) in [5.74, 6) is 0.789. The largest absolute Gasteiger partial charge is 0.497 e. The molecule has 0 aliphatic carbocycles. The van der Waals surface area contributed by atoms with Crippen molar-refractivity contribution >= 4 is 33.4 Å². The van der Waals surface area contributed by atoms with Crippen LogP contribution in [0.1, 0.15) is 16.7 Å². The third-order valence-electron chi connectivity index (χ3n) is 5.01. The van der Waals surface area contributed by atoms with Crippen LogP contribution in [0.3, 0.4) is 0 Å². The monoisotopic (exact) mass is 402 g/mol. The van der Waals surface area contributed by atoms with Crippen LogP contribution in [0.25, 0.3) is 33.3 Å². The van der Waals surface area contributed by atoms with Gasteiger partial charge in [0.1, 0.15) is 5.75 Å². The highest BCUT2D eigenvalue weighted by molar-refractivity contribution is 7.15. The molecule has 7 heteroatoms. The Kier molecular flexibility index (Phi) is 3.99. The van der Waals surface area contributed by atoms with Gasteiger partial charge in [0.2, 0.25) is 0 Å². The number of hydrogen-bond acceptors (Lipinski definition) is 5. The van der Waals surface area contributed by atoms with Crippen molar-refractivity contribution in [1.29, 1.82) is 0 Å². The third kappa shape index (κ3) is 2.82. The van der Waals surface area contributed by atoms with Crippen molar-refractivity contribution in [3.05, 3.63) is 74.2 Å². The first kappa shape index (κ1) is 17.6. The number of hydrogen-bond donors (Lipinski definition) is 1. The molecule has 0 fully saturated rings. The first-order chi connectivity index (χ1) is 14.0. The zero-order chi connectivity index (χ0) is 20.1. The van der Waals surface area contributed by atoms with Crippen molar-refractivity contribution in [2.75, 3.05) is 7.11 Å². The minimum atomic E-state index is -0.0561. The van der Waals surface area contributed by atoms with Crippen LogP contribution in [0.5, 0.6) is 5.75 Å². The third-order valence-corrected chi connectivity index (χ3v) is 5.98. The minimum absolute atomic E-state index is 0.0561. The molecule has 0 spiro atoms. The van der Waals surface area contributed by atoms with E-state index in [-0.39, 0.29) is 5.56 Å². The molecule has 0 radical (unpaired) electrons. The molecule has 5 rings (SSSR count). The second kappa shape index (κ2) is 6.56. The molecular weight excluding hydrogens is 384 g/mol. The Bertz CT molecular complexity index is 1480. The summed E-state index contributed by atoms with van der Waals surface area (Å²) in [6.07, 6.45) is 3.60. The van der Waals surface area contributed by atoms with Gasteiger partial charge in [0.05, 0.1) is 34.6 Å². The van der Waals surface area contributed by atoms with Gasteiger partial charge in [-0.15, -0.1) is 0 Å². The number of aryl methyl sites for hydroxylation is 2. The van der Waals surface area contributed by atoms with Gasteiger partial charge in [-0.3, -0.25) is 9.89 Å². The molecule has 144 valence electrons. The Hall–Kier alpha value is -3.45. The summed E-state index contributed by atoms with van der Waals surface area (Å²) >= 11 is 1.39. The zero-order valence-corrected chi connectivity index (χ0v) is 17.0. The molecule has 3 aromatic heterocycles. The van der Waals surface area contributed by atoms with E-state index in [9.17, 15) is 4.79 Å². The van der Waals surface area contributed by atoms with Crippen molar-refractivity contribution in [2.45, 2.75) is 13.8 Å². The fourth-order valence-corrected chi connectivity index (χ4v) is 4.62. The number of H-pyrrole nitrogens is 1. The van der Waals surface area contributed by atoms with E-state index in [0.29, 0.717) is 9.49 Å². The summed E-state index contributed by atoms with van der Waals surface area (Å²) in [7, 11) is 1.64. The summed E-state index contributed by atoms with van der Waals surface area (Å²) in [4.78, 5) is 18.5. The van der Waals surface area contributed by atoms with Crippen LogP contribution >= 0.6 is 11.3 Å². The van der Waals surface area contributed by atoms with E-state index in [0.717, 1.165) is 44.7 Å². The number of nitrogens with zero attached hydrogens (tertiary/aromatic N) is 3. The number of benzene rings is 2. The Morgan fingerprint density at radius 1 is 1.17 bits per heavy atom. The molecule has 0 bridgehead atoms. The zero-order valence-electron chi connectivity index (χ0n) is 16.2. The highest BCUT2D eigenvalue weighted by Crippen LogP contribution is 2.25. The van der Waals surface area contributed by atoms with Crippen molar-refractivity contribution < 1.29 is 4.74 Å². The minimum Gasteiger partial charge on any atom is -0.497 e. The van der Waals surface area contributed by atoms with E-state index < -0.39 is 0 Å². The average Bonchev–Trinajstić information content (AvgIpc) is 3.39. The Morgan fingerprint density at radius 3 is 2.72 bits per heavy atom. The number of rotatable bonds is 3. The predicted octanol–water partition coefficient (Wildman–Crippen LogP) is 3.47. The highest BCUT2D eigenvalue weighted by Gasteiger charge is 2.14. The topological polar surface area (TPSA) is 72.3 Å². The van der Waals surface area contributed by atoms with Crippen molar-refractivity contribution in [3.63, 3.8) is 0 Å². The number of nitrogens with one attached hydrogen (secondary N) is 1. The number of imidazole rings is 1. The van der Waals surface area contributed by atoms with Crippen LogP contribution < -0.4 is 14.8 Å². The van der Waals surface area contributed by atoms with Gasteiger partial charge in [0.15, 0.2) is 4.96 Å². The van der Waals surface area contributed by atoms with Crippen molar-refractivity contribution in [2.24, 2.45) is 0 Å². The number of thiazole rings is 1. The van der Waals surface area contributed by atoms with Gasteiger partial charge in [0.25, 0.3) is 5.56 Å². The Morgan fingerprint density at radius 2 is 1.97 bits per heavy atom. The number of ether oxygens (including phenoxy) is 1. The lowest BCUT2D eigenvalue weighted by molar-refractivity contribution is 0.415. The van der Waals surface area contributed by atoms with E-state index in [4.69, 9.17) is 9.72 Å². The molecule has 5 aromatic rings. The Balaban J connectivity index is 1.68. The molecule has 1 N–H and O–H groups in total. The Labute approximate surface area is 170 Å². The standard InChI is InChI=1S/C22H18N4O2S/c1-12-8-13(2)19-17(9-12)26-21(27)18(29-22(26)24-19)10-15-11-23-25-20(15)14-4-6-16(28-3)7-5-14/h4-11H,1-3H3,(H,23,25). The molecule has 0 aliphatic heterocycles. The first-order valence-corrected chi connectivity index (χ1v) is 9.98. The average molecular weight is 402 g/mol. The summed E-state index contributed by atoms with van der Waals surface area (Å²) in [5.41, 5.74) is 6.57. The molecule has 2 aromatic carbocycles. The smallest absolute Gasteiger partial charge is 0.274 e. The van der Waals surface area contributed by atoms with Crippen LogP contribution in [-0.2, 0) is 0 Å². The molecule has 6 nitrogen and oxygen atoms in total.